The SMILES string of the molecule is O=C(O)c1cn(Cc2cccc(-n3ncc4ccccc43)n2)c2c(F)ccc(F)c2c1=O. The monoisotopic (exact) mass is 432 g/mol. The maximum atomic E-state index is 14.6. The van der Waals surface area contributed by atoms with Crippen molar-refractivity contribution in [3.05, 3.63) is 100 Å². The number of hydrogen-bond donors (Lipinski definition) is 1. The molecular weight excluding hydrogens is 418 g/mol. The van der Waals surface area contributed by atoms with Gasteiger partial charge in [0.05, 0.1) is 34.9 Å². The minimum Gasteiger partial charge on any atom is -0.477 e. The Balaban J connectivity index is 1.67. The molecule has 0 aliphatic heterocycles. The number of carboxylic acids is 1. The zero-order chi connectivity index (χ0) is 22.4. The maximum Gasteiger partial charge on any atom is 0.341 e. The van der Waals surface area contributed by atoms with E-state index in [4.69, 9.17) is 0 Å². The van der Waals surface area contributed by atoms with E-state index in [2.05, 4.69) is 10.1 Å². The van der Waals surface area contributed by atoms with Gasteiger partial charge in [0.15, 0.2) is 5.82 Å². The third-order valence-corrected chi connectivity index (χ3v) is 5.17. The van der Waals surface area contributed by atoms with Crippen LogP contribution in [0.2, 0.25) is 0 Å². The largest absolute Gasteiger partial charge is 0.477 e. The van der Waals surface area contributed by atoms with Crippen molar-refractivity contribution in [1.82, 2.24) is 19.3 Å². The van der Waals surface area contributed by atoms with Crippen LogP contribution in [0.1, 0.15) is 16.1 Å². The lowest BCUT2D eigenvalue weighted by molar-refractivity contribution is 0.0695. The van der Waals surface area contributed by atoms with Crippen molar-refractivity contribution in [3.63, 3.8) is 0 Å². The Labute approximate surface area is 178 Å². The number of halogens is 2. The van der Waals surface area contributed by atoms with Crippen LogP contribution in [0.25, 0.3) is 27.6 Å². The van der Waals surface area contributed by atoms with Crippen LogP contribution in [-0.2, 0) is 6.54 Å². The molecule has 7 nitrogen and oxygen atoms in total. The molecule has 0 aliphatic rings. The highest BCUT2D eigenvalue weighted by Crippen LogP contribution is 2.21. The van der Waals surface area contributed by atoms with Gasteiger partial charge < -0.3 is 9.67 Å². The summed E-state index contributed by atoms with van der Waals surface area (Å²) in [4.78, 5) is 28.6. The summed E-state index contributed by atoms with van der Waals surface area (Å²) in [6.45, 7) is -0.0928. The van der Waals surface area contributed by atoms with Gasteiger partial charge in [0.2, 0.25) is 5.43 Å². The van der Waals surface area contributed by atoms with Crippen LogP contribution in [0.4, 0.5) is 8.78 Å². The van der Waals surface area contributed by atoms with Crippen molar-refractivity contribution in [2.45, 2.75) is 6.54 Å². The summed E-state index contributed by atoms with van der Waals surface area (Å²) >= 11 is 0. The topological polar surface area (TPSA) is 90.0 Å². The molecule has 0 spiro atoms. The number of carbonyl (C=O) groups is 1. The molecule has 0 atom stereocenters. The van der Waals surface area contributed by atoms with E-state index in [0.717, 1.165) is 29.2 Å². The average molecular weight is 432 g/mol. The molecular formula is C23H14F2N4O3. The number of pyridine rings is 2. The van der Waals surface area contributed by atoms with Crippen molar-refractivity contribution in [2.75, 3.05) is 0 Å². The Morgan fingerprint density at radius 2 is 1.78 bits per heavy atom. The number of benzene rings is 2. The highest BCUT2D eigenvalue weighted by Gasteiger charge is 2.20. The number of aromatic nitrogens is 4. The molecule has 3 heterocycles. The van der Waals surface area contributed by atoms with E-state index in [0.29, 0.717) is 11.5 Å². The standard InChI is InChI=1S/C23H14F2N4O3/c24-16-8-9-17(25)21-20(16)22(30)15(23(31)32)12-28(21)11-14-5-3-7-19(27-14)29-18-6-2-1-4-13(18)10-26-29/h1-10,12H,11H2,(H,31,32). The highest BCUT2D eigenvalue weighted by atomic mass is 19.1. The summed E-state index contributed by atoms with van der Waals surface area (Å²) in [7, 11) is 0. The molecule has 0 amide bonds. The first-order valence-electron chi connectivity index (χ1n) is 9.57. The molecule has 5 rings (SSSR count). The molecule has 9 heteroatoms. The van der Waals surface area contributed by atoms with Crippen LogP contribution < -0.4 is 5.43 Å². The highest BCUT2D eigenvalue weighted by molar-refractivity contribution is 5.93. The number of rotatable bonds is 4. The molecule has 0 unspecified atom stereocenters. The summed E-state index contributed by atoms with van der Waals surface area (Å²) in [6.07, 6.45) is 2.71. The molecule has 3 aromatic heterocycles. The molecule has 0 aliphatic carbocycles. The lowest BCUT2D eigenvalue weighted by atomic mass is 10.1. The Hall–Kier alpha value is -4.40. The van der Waals surface area contributed by atoms with Crippen LogP contribution in [0.5, 0.6) is 0 Å². The fourth-order valence-electron chi connectivity index (χ4n) is 3.73. The summed E-state index contributed by atoms with van der Waals surface area (Å²) in [6, 6.07) is 14.4. The number of aromatic carboxylic acids is 1. The minimum absolute atomic E-state index is 0.0928. The predicted molar refractivity (Wildman–Crippen MR) is 113 cm³/mol. The number of nitrogens with zero attached hydrogens (tertiary/aromatic N) is 4. The van der Waals surface area contributed by atoms with Gasteiger partial charge in [0, 0.05) is 11.6 Å². The van der Waals surface area contributed by atoms with E-state index in [9.17, 15) is 23.5 Å². The van der Waals surface area contributed by atoms with Crippen molar-refractivity contribution in [1.29, 1.82) is 0 Å². The first-order chi connectivity index (χ1) is 15.4. The number of fused-ring (bicyclic) bond motifs is 2. The van der Waals surface area contributed by atoms with Gasteiger partial charge in [-0.25, -0.2) is 23.2 Å². The lowest BCUT2D eigenvalue weighted by Crippen LogP contribution is -2.21. The number of hydrogen-bond acceptors (Lipinski definition) is 4. The second-order valence-corrected chi connectivity index (χ2v) is 7.16. The van der Waals surface area contributed by atoms with Crippen LogP contribution in [0, 0.1) is 11.6 Å². The predicted octanol–water partition coefficient (Wildman–Crippen LogP) is 3.76. The molecule has 2 aromatic carbocycles. The first kappa shape index (κ1) is 19.6. The van der Waals surface area contributed by atoms with Crippen molar-refractivity contribution < 1.29 is 18.7 Å². The van der Waals surface area contributed by atoms with Crippen LogP contribution in [0.15, 0.2) is 71.8 Å². The third kappa shape index (κ3) is 3.11. The molecule has 32 heavy (non-hydrogen) atoms. The van der Waals surface area contributed by atoms with E-state index < -0.39 is 34.0 Å². The van der Waals surface area contributed by atoms with Crippen molar-refractivity contribution in [2.24, 2.45) is 0 Å². The molecule has 0 radical (unpaired) electrons. The molecule has 0 fully saturated rings. The van der Waals surface area contributed by atoms with Crippen LogP contribution in [0.3, 0.4) is 0 Å². The van der Waals surface area contributed by atoms with E-state index in [1.54, 1.807) is 29.1 Å². The summed E-state index contributed by atoms with van der Waals surface area (Å²) < 4.78 is 31.8. The van der Waals surface area contributed by atoms with Gasteiger partial charge in [0.1, 0.15) is 17.2 Å². The molecule has 5 aromatic rings. The zero-order valence-electron chi connectivity index (χ0n) is 16.4. The van der Waals surface area contributed by atoms with Gasteiger partial charge in [-0.1, -0.05) is 24.3 Å². The Morgan fingerprint density at radius 3 is 2.59 bits per heavy atom. The smallest absolute Gasteiger partial charge is 0.341 e. The summed E-state index contributed by atoms with van der Waals surface area (Å²) in [5.41, 5.74) is -0.780. The van der Waals surface area contributed by atoms with Gasteiger partial charge in [-0.2, -0.15) is 5.10 Å². The van der Waals surface area contributed by atoms with E-state index in [-0.39, 0.29) is 12.1 Å². The van der Waals surface area contributed by atoms with Crippen LogP contribution >= 0.6 is 0 Å². The maximum absolute atomic E-state index is 14.6. The molecule has 0 bridgehead atoms. The van der Waals surface area contributed by atoms with E-state index >= 15 is 0 Å². The van der Waals surface area contributed by atoms with Crippen LogP contribution in [-0.4, -0.2) is 30.4 Å². The van der Waals surface area contributed by atoms with E-state index in [1.807, 2.05) is 24.3 Å². The third-order valence-electron chi connectivity index (χ3n) is 5.17. The van der Waals surface area contributed by atoms with Crippen molar-refractivity contribution >= 4 is 27.8 Å². The number of para-hydroxylation sites is 1. The fraction of sp³-hybridized carbons (Fsp3) is 0.0435. The minimum atomic E-state index is -1.53. The normalized spacial score (nSPS) is 11.3. The van der Waals surface area contributed by atoms with E-state index in [1.165, 1.54) is 4.57 Å². The van der Waals surface area contributed by atoms with Gasteiger partial charge >= 0.3 is 5.97 Å². The van der Waals surface area contributed by atoms with Gasteiger partial charge in [-0.3, -0.25) is 4.79 Å². The van der Waals surface area contributed by atoms with Gasteiger partial charge in [-0.05, 0) is 30.3 Å². The molecule has 0 saturated heterocycles. The molecule has 0 saturated carbocycles. The summed E-state index contributed by atoms with van der Waals surface area (Å²) in [5, 5.41) is 14.1. The molecule has 1 N–H and O–H groups in total. The fourth-order valence-corrected chi connectivity index (χ4v) is 3.73. The average Bonchev–Trinajstić information content (AvgIpc) is 3.21. The zero-order valence-corrected chi connectivity index (χ0v) is 16.4. The molecule has 158 valence electrons. The van der Waals surface area contributed by atoms with Gasteiger partial charge in [-0.15, -0.1) is 0 Å². The van der Waals surface area contributed by atoms with Crippen molar-refractivity contribution in [3.8, 4) is 5.82 Å². The summed E-state index contributed by atoms with van der Waals surface area (Å²) in [5.74, 6) is -2.86. The second-order valence-electron chi connectivity index (χ2n) is 7.16. The number of carboxylic acid groups (broad SMARTS) is 1. The Morgan fingerprint density at radius 1 is 1.00 bits per heavy atom. The Kier molecular flexibility index (Phi) is 4.51. The van der Waals surface area contributed by atoms with Gasteiger partial charge in [0.25, 0.3) is 0 Å². The quantitative estimate of drug-likeness (QED) is 0.467. The lowest BCUT2D eigenvalue weighted by Gasteiger charge is -2.14. The Bertz CT molecular complexity index is 1590. The first-order valence-corrected chi connectivity index (χ1v) is 9.57. The second kappa shape index (κ2) is 7.38.